The topological polar surface area (TPSA) is 16.2 Å². The lowest BCUT2D eigenvalue weighted by molar-refractivity contribution is 1.22. The molecule has 0 fully saturated rings. The maximum atomic E-state index is 2.69. The van der Waals surface area contributed by atoms with E-state index in [1.807, 2.05) is 11.8 Å². The van der Waals surface area contributed by atoms with Gasteiger partial charge in [-0.3, -0.25) is 0 Å². The summed E-state index contributed by atoms with van der Waals surface area (Å²) in [6.45, 7) is -0.366. The smallest absolute Gasteiger partial charge is 0.252 e. The van der Waals surface area contributed by atoms with Gasteiger partial charge in [0, 0.05) is 100 Å². The Bertz CT molecular complexity index is 5770. The van der Waals surface area contributed by atoms with Crippen LogP contribution in [0.4, 0.5) is 85.3 Å². The summed E-state index contributed by atoms with van der Waals surface area (Å²) in [7, 11) is 0. The van der Waals surface area contributed by atoms with Crippen molar-refractivity contribution in [3.63, 3.8) is 0 Å². The molecule has 0 radical (unpaired) electrons. The Labute approximate surface area is 612 Å². The summed E-state index contributed by atoms with van der Waals surface area (Å²) in [6, 6.07) is 146. The van der Waals surface area contributed by atoms with Crippen LogP contribution in [0.5, 0.6) is 0 Å². The van der Waals surface area contributed by atoms with E-state index in [4.69, 9.17) is 0 Å². The molecule has 0 amide bonds. The van der Waals surface area contributed by atoms with Crippen LogP contribution >= 0.6 is 11.8 Å². The van der Waals surface area contributed by atoms with Crippen molar-refractivity contribution >= 4 is 143 Å². The van der Waals surface area contributed by atoms with E-state index in [2.05, 4.69) is 419 Å². The number of anilines is 15. The van der Waals surface area contributed by atoms with Crippen molar-refractivity contribution in [1.29, 1.82) is 0 Å². The first kappa shape index (κ1) is 60.9. The van der Waals surface area contributed by atoms with Crippen molar-refractivity contribution < 1.29 is 0 Å². The van der Waals surface area contributed by atoms with E-state index in [9.17, 15) is 0 Å². The van der Waals surface area contributed by atoms with E-state index >= 15 is 0 Å². The highest BCUT2D eigenvalue weighted by atomic mass is 32.2. The highest BCUT2D eigenvalue weighted by Gasteiger charge is 2.48. The molecule has 8 heteroatoms. The average molecular weight is 1340 g/mol. The van der Waals surface area contributed by atoms with Gasteiger partial charge in [0.25, 0.3) is 6.71 Å². The van der Waals surface area contributed by atoms with Crippen molar-refractivity contribution in [2.45, 2.75) is 9.79 Å². The normalized spacial score (nSPS) is 12.7. The fraction of sp³-hybridized carbons (Fsp3) is 0. The maximum absolute atomic E-state index is 2.69. The second-order valence-electron chi connectivity index (χ2n) is 27.0. The summed E-state index contributed by atoms with van der Waals surface area (Å²) in [4.78, 5) is 15.2. The van der Waals surface area contributed by atoms with Crippen LogP contribution in [-0.2, 0) is 0 Å². The van der Waals surface area contributed by atoms with Gasteiger partial charge in [0.1, 0.15) is 0 Å². The quantitative estimate of drug-likeness (QED) is 0.106. The van der Waals surface area contributed by atoms with Gasteiger partial charge in [-0.1, -0.05) is 308 Å². The molecule has 0 unspecified atom stereocenters. The van der Waals surface area contributed by atoms with Crippen molar-refractivity contribution in [2.75, 3.05) is 24.5 Å². The Balaban J connectivity index is 0.907. The molecule has 0 N–H and O–H groups in total. The van der Waals surface area contributed by atoms with Gasteiger partial charge in [-0.15, -0.1) is 0 Å². The number of fused-ring (bicyclic) bond motifs is 8. The predicted molar refractivity (Wildman–Crippen MR) is 441 cm³/mol. The van der Waals surface area contributed by atoms with E-state index in [-0.39, 0.29) is 13.4 Å². The maximum Gasteiger partial charge on any atom is 0.252 e. The molecule has 20 rings (SSSR count). The minimum Gasteiger partial charge on any atom is -0.311 e. The Hall–Kier alpha value is -13.0. The number of para-hydroxylation sites is 9. The minimum absolute atomic E-state index is 0.161. The van der Waals surface area contributed by atoms with Crippen LogP contribution < -0.4 is 57.3 Å². The lowest BCUT2D eigenvalue weighted by Gasteiger charge is -2.46. The average Bonchev–Trinajstić information content (AvgIpc) is 0.686. The van der Waals surface area contributed by atoms with Crippen LogP contribution in [0.3, 0.4) is 0 Å². The third-order valence-corrected chi connectivity index (χ3v) is 22.3. The molecule has 4 aliphatic heterocycles. The lowest BCUT2D eigenvalue weighted by atomic mass is 9.31. The zero-order valence-corrected chi connectivity index (χ0v) is 57.6. The number of hydrogen-bond acceptors (Lipinski definition) is 6. The van der Waals surface area contributed by atoms with Gasteiger partial charge in [-0.05, 0) is 153 Å². The zero-order valence-electron chi connectivity index (χ0n) is 56.8. The molecule has 5 nitrogen and oxygen atoms in total. The molecule has 0 aromatic heterocycles. The summed E-state index contributed by atoms with van der Waals surface area (Å²) < 4.78 is 0. The summed E-state index contributed by atoms with van der Waals surface area (Å²) in [6.07, 6.45) is 0. The first-order valence-corrected chi connectivity index (χ1v) is 36.6. The molecule has 16 aromatic carbocycles. The van der Waals surface area contributed by atoms with Crippen molar-refractivity contribution in [1.82, 2.24) is 0 Å². The predicted octanol–water partition coefficient (Wildman–Crippen LogP) is 22.1. The standard InChI is InChI=1S/C96H65B2N5S/c1-10-34-66(35-11-1)77-52-32-53-78(67-36-12-2-13-37-67)95(77)100(72-46-22-7-23-47-72)76-62-90-94-92(63-76)104-91-65-87-83(64-84(91)98(94)82-57-29-31-59-86(82)102(90)74-50-26-9-27-51-74)97-81-56-28-30-58-85(81)101(73-48-24-8-25-49-73)88-60-75(99(70-42-18-5-19-43-70)71-44-20-6-21-45-71)61-89(93(88)97)103(87)96-79(68-38-14-3-15-39-68)54-33-55-80(96)69-40-16-4-17-41-69/h1-65H. The molecule has 104 heavy (non-hydrogen) atoms. The van der Waals surface area contributed by atoms with E-state index in [1.165, 1.54) is 42.6 Å². The Morgan fingerprint density at radius 3 is 1.04 bits per heavy atom. The molecule has 4 heterocycles. The van der Waals surface area contributed by atoms with E-state index in [0.717, 1.165) is 130 Å². The summed E-state index contributed by atoms with van der Waals surface area (Å²) >= 11 is 1.91. The first-order valence-electron chi connectivity index (χ1n) is 35.8. The number of benzene rings is 16. The minimum atomic E-state index is -0.205. The summed E-state index contributed by atoms with van der Waals surface area (Å²) in [5.41, 5.74) is 33.2. The second-order valence-corrected chi connectivity index (χ2v) is 28.1. The van der Waals surface area contributed by atoms with Gasteiger partial charge < -0.3 is 24.5 Å². The number of rotatable bonds is 13. The zero-order chi connectivity index (χ0) is 68.6. The summed E-state index contributed by atoms with van der Waals surface area (Å²) in [5.74, 6) is 0. The third-order valence-electron chi connectivity index (χ3n) is 21.2. The van der Waals surface area contributed by atoms with Crippen LogP contribution in [0.1, 0.15) is 0 Å². The fourth-order valence-corrected chi connectivity index (χ4v) is 18.1. The van der Waals surface area contributed by atoms with Gasteiger partial charge in [-0.25, -0.2) is 0 Å². The van der Waals surface area contributed by atoms with Crippen molar-refractivity contribution in [2.24, 2.45) is 0 Å². The molecule has 0 bridgehead atoms. The molecule has 0 saturated carbocycles. The molecule has 4 aliphatic rings. The van der Waals surface area contributed by atoms with Crippen LogP contribution in [-0.4, -0.2) is 13.4 Å². The highest BCUT2D eigenvalue weighted by Crippen LogP contribution is 2.55. The van der Waals surface area contributed by atoms with Crippen LogP contribution in [0, 0.1) is 0 Å². The first-order chi connectivity index (χ1) is 51.7. The highest BCUT2D eigenvalue weighted by molar-refractivity contribution is 8.00. The van der Waals surface area contributed by atoms with Gasteiger partial charge >= 0.3 is 0 Å². The van der Waals surface area contributed by atoms with Gasteiger partial charge in [-0.2, -0.15) is 0 Å². The Morgan fingerprint density at radius 2 is 0.577 bits per heavy atom. The van der Waals surface area contributed by atoms with Crippen LogP contribution in [0.2, 0.25) is 0 Å². The molecule has 0 saturated heterocycles. The lowest BCUT2D eigenvalue weighted by Crippen LogP contribution is -2.64. The van der Waals surface area contributed by atoms with Crippen molar-refractivity contribution in [3.05, 3.63) is 394 Å². The van der Waals surface area contributed by atoms with E-state index in [0.29, 0.717) is 0 Å². The van der Waals surface area contributed by atoms with Crippen LogP contribution in [0.25, 0.3) is 44.5 Å². The van der Waals surface area contributed by atoms with E-state index in [1.54, 1.807) is 0 Å². The van der Waals surface area contributed by atoms with E-state index < -0.39 is 0 Å². The molecular formula is C96H65B2N5S. The molecule has 16 aromatic rings. The fourth-order valence-electron chi connectivity index (χ4n) is 16.9. The van der Waals surface area contributed by atoms with Crippen molar-refractivity contribution in [3.8, 4) is 44.5 Å². The van der Waals surface area contributed by atoms with Gasteiger partial charge in [0.15, 0.2) is 0 Å². The van der Waals surface area contributed by atoms with Gasteiger partial charge in [0.2, 0.25) is 6.71 Å². The molecular weight excluding hydrogens is 1280 g/mol. The monoisotopic (exact) mass is 1340 g/mol. The summed E-state index contributed by atoms with van der Waals surface area (Å²) in [5, 5.41) is 0. The molecule has 0 aliphatic carbocycles. The second kappa shape index (κ2) is 25.6. The Kier molecular flexibility index (Phi) is 15.0. The Morgan fingerprint density at radius 1 is 0.221 bits per heavy atom. The van der Waals surface area contributed by atoms with Crippen LogP contribution in [0.15, 0.2) is 404 Å². The number of nitrogens with zero attached hydrogens (tertiary/aromatic N) is 5. The molecule has 0 atom stereocenters. The largest absolute Gasteiger partial charge is 0.311 e. The molecule has 0 spiro atoms. The van der Waals surface area contributed by atoms with Gasteiger partial charge in [0.05, 0.1) is 17.1 Å². The SMILES string of the molecule is c1ccc(-c2cccc(-c3ccccc3)c2N(c2ccccc2)c2cc3c4c(c2)N(c2ccccc2)c2ccccc2B4c2cc4c(cc2S3)N(c2c(-c3ccccc3)cccc2-c2ccccc2)c2cc(N(c3ccccc3)c3ccccc3)cc3c2B4c2ccccc2N3c2ccccc2)cc1. The number of hydrogen-bond donors (Lipinski definition) is 0. The third kappa shape index (κ3) is 10.1. The molecule has 486 valence electrons.